The molecule has 0 unspecified atom stereocenters. The lowest BCUT2D eigenvalue weighted by Crippen LogP contribution is -2.25. The highest BCUT2D eigenvalue weighted by Gasteiger charge is 2.32. The fourth-order valence-electron chi connectivity index (χ4n) is 2.78. The summed E-state index contributed by atoms with van der Waals surface area (Å²) in [6.45, 7) is 2.46. The van der Waals surface area contributed by atoms with Gasteiger partial charge in [0.25, 0.3) is 0 Å². The van der Waals surface area contributed by atoms with E-state index in [1.54, 1.807) is 0 Å². The topological polar surface area (TPSA) is 51.4 Å². The molecule has 4 rings (SSSR count). The average Bonchev–Trinajstić information content (AvgIpc) is 3.25. The van der Waals surface area contributed by atoms with Gasteiger partial charge < -0.3 is 15.4 Å². The van der Waals surface area contributed by atoms with Gasteiger partial charge in [0.1, 0.15) is 23.2 Å². The van der Waals surface area contributed by atoms with Crippen molar-refractivity contribution in [3.8, 4) is 5.75 Å². The van der Waals surface area contributed by atoms with Crippen LogP contribution in [0.2, 0.25) is 0 Å². The zero-order chi connectivity index (χ0) is 13.5. The lowest BCUT2D eigenvalue weighted by molar-refractivity contribution is 0.332. The quantitative estimate of drug-likeness (QED) is 0.922. The second-order valence-electron chi connectivity index (χ2n) is 5.44. The van der Waals surface area contributed by atoms with Gasteiger partial charge in [0, 0.05) is 17.7 Å². The highest BCUT2D eigenvalue weighted by atomic mass is 32.1. The van der Waals surface area contributed by atoms with Crippen LogP contribution in [-0.4, -0.2) is 17.5 Å². The van der Waals surface area contributed by atoms with Crippen LogP contribution in [-0.2, 0) is 6.54 Å². The predicted octanol–water partition coefficient (Wildman–Crippen LogP) is 3.00. The number of nitrogens with zero attached hydrogens (tertiary/aromatic N) is 2. The number of rotatable bonds is 2. The van der Waals surface area contributed by atoms with E-state index in [9.17, 15) is 0 Å². The lowest BCUT2D eigenvalue weighted by atomic mass is 10.1. The third-order valence-electron chi connectivity index (χ3n) is 3.96. The smallest absolute Gasteiger partial charge is 0.142 e. The Kier molecular flexibility index (Phi) is 2.80. The Hall–Kier alpha value is -1.75. The molecule has 2 heterocycles. The van der Waals surface area contributed by atoms with Gasteiger partial charge in [-0.1, -0.05) is 18.2 Å². The van der Waals surface area contributed by atoms with Crippen LogP contribution in [0.3, 0.4) is 0 Å². The van der Waals surface area contributed by atoms with Crippen LogP contribution >= 0.6 is 11.5 Å². The number of ether oxygens (including phenoxy) is 1. The molecular formula is C15H17N3OS. The van der Waals surface area contributed by atoms with Crippen LogP contribution in [0, 0.1) is 0 Å². The number of hydrogen-bond donors (Lipinski definition) is 1. The van der Waals surface area contributed by atoms with Crippen molar-refractivity contribution < 1.29 is 4.74 Å². The van der Waals surface area contributed by atoms with E-state index in [4.69, 9.17) is 10.5 Å². The van der Waals surface area contributed by atoms with Gasteiger partial charge in [0.05, 0.1) is 6.54 Å². The number of para-hydroxylation sites is 1. The zero-order valence-electron chi connectivity index (χ0n) is 11.2. The van der Waals surface area contributed by atoms with Gasteiger partial charge in [-0.3, -0.25) is 0 Å². The molecule has 1 fully saturated rings. The first-order valence-corrected chi connectivity index (χ1v) is 7.81. The Morgan fingerprint density at radius 1 is 1.30 bits per heavy atom. The molecule has 1 aromatic heterocycles. The van der Waals surface area contributed by atoms with Crippen molar-refractivity contribution in [2.75, 3.05) is 23.8 Å². The number of hydrogen-bond acceptors (Lipinski definition) is 5. The van der Waals surface area contributed by atoms with E-state index in [2.05, 4.69) is 21.4 Å². The highest BCUT2D eigenvalue weighted by molar-refractivity contribution is 7.10. The molecule has 0 amide bonds. The van der Waals surface area contributed by atoms with Crippen molar-refractivity contribution >= 4 is 22.4 Å². The van der Waals surface area contributed by atoms with Gasteiger partial charge in [-0.15, -0.1) is 0 Å². The van der Waals surface area contributed by atoms with Crippen molar-refractivity contribution in [2.45, 2.75) is 25.3 Å². The normalized spacial score (nSPS) is 18.3. The standard InChI is InChI=1S/C15H17N3OS/c16-14-13(10-5-6-10)15(20-17-14)18-7-8-19-12-4-2-1-3-11(12)9-18/h1-4,10H,5-9H2,(H2,16,17). The molecule has 0 spiro atoms. The number of benzene rings is 1. The van der Waals surface area contributed by atoms with E-state index in [1.807, 2.05) is 12.1 Å². The fourth-order valence-corrected chi connectivity index (χ4v) is 3.71. The Morgan fingerprint density at radius 2 is 2.15 bits per heavy atom. The molecule has 2 N–H and O–H groups in total. The summed E-state index contributed by atoms with van der Waals surface area (Å²) in [7, 11) is 0. The van der Waals surface area contributed by atoms with E-state index < -0.39 is 0 Å². The molecule has 0 saturated heterocycles. The second-order valence-corrected chi connectivity index (χ2v) is 6.19. The molecule has 0 atom stereocenters. The first kappa shape index (κ1) is 12.0. The summed E-state index contributed by atoms with van der Waals surface area (Å²) in [6.07, 6.45) is 2.49. The van der Waals surface area contributed by atoms with Crippen LogP contribution in [0.15, 0.2) is 24.3 Å². The maximum Gasteiger partial charge on any atom is 0.142 e. The molecule has 0 radical (unpaired) electrons. The van der Waals surface area contributed by atoms with E-state index in [1.165, 1.54) is 40.5 Å². The summed E-state index contributed by atoms with van der Waals surface area (Å²) in [5, 5.41) is 1.24. The van der Waals surface area contributed by atoms with Crippen molar-refractivity contribution in [1.82, 2.24) is 4.37 Å². The van der Waals surface area contributed by atoms with Crippen LogP contribution in [0.25, 0.3) is 0 Å². The maximum absolute atomic E-state index is 6.06. The Bertz CT molecular complexity index is 636. The zero-order valence-corrected chi connectivity index (χ0v) is 12.0. The Morgan fingerprint density at radius 3 is 3.00 bits per heavy atom. The van der Waals surface area contributed by atoms with E-state index in [-0.39, 0.29) is 0 Å². The largest absolute Gasteiger partial charge is 0.491 e. The molecule has 1 aliphatic carbocycles. The molecule has 2 aromatic rings. The van der Waals surface area contributed by atoms with Gasteiger partial charge >= 0.3 is 0 Å². The monoisotopic (exact) mass is 287 g/mol. The number of anilines is 2. The van der Waals surface area contributed by atoms with Gasteiger partial charge in [0.2, 0.25) is 0 Å². The van der Waals surface area contributed by atoms with Crippen LogP contribution in [0.1, 0.15) is 29.9 Å². The number of fused-ring (bicyclic) bond motifs is 1. The molecule has 2 aliphatic rings. The van der Waals surface area contributed by atoms with Crippen molar-refractivity contribution in [3.63, 3.8) is 0 Å². The summed E-state index contributed by atoms with van der Waals surface area (Å²) in [5.74, 6) is 2.36. The van der Waals surface area contributed by atoms with Crippen molar-refractivity contribution in [2.24, 2.45) is 0 Å². The van der Waals surface area contributed by atoms with Crippen molar-refractivity contribution in [1.29, 1.82) is 0 Å². The molecule has 1 aliphatic heterocycles. The van der Waals surface area contributed by atoms with Gasteiger partial charge in [-0.2, -0.15) is 4.37 Å². The number of aromatic nitrogens is 1. The van der Waals surface area contributed by atoms with E-state index in [0.29, 0.717) is 12.5 Å². The second kappa shape index (κ2) is 4.66. The van der Waals surface area contributed by atoms with Gasteiger partial charge in [-0.05, 0) is 36.4 Å². The molecule has 0 bridgehead atoms. The predicted molar refractivity (Wildman–Crippen MR) is 81.5 cm³/mol. The minimum atomic E-state index is 0.628. The first-order valence-electron chi connectivity index (χ1n) is 7.03. The Labute approximate surface area is 122 Å². The molecule has 4 nitrogen and oxygen atoms in total. The summed E-state index contributed by atoms with van der Waals surface area (Å²) >= 11 is 1.53. The summed E-state index contributed by atoms with van der Waals surface area (Å²) in [4.78, 5) is 2.37. The number of nitrogens with two attached hydrogens (primary N) is 1. The third kappa shape index (κ3) is 2.02. The van der Waals surface area contributed by atoms with Crippen LogP contribution in [0.4, 0.5) is 10.8 Å². The highest BCUT2D eigenvalue weighted by Crippen LogP contribution is 2.49. The fraction of sp³-hybridized carbons (Fsp3) is 0.400. The molecule has 1 saturated carbocycles. The third-order valence-corrected chi connectivity index (χ3v) is 4.90. The number of nitrogen functional groups attached to an aromatic ring is 1. The van der Waals surface area contributed by atoms with Crippen LogP contribution < -0.4 is 15.4 Å². The van der Waals surface area contributed by atoms with Crippen LogP contribution in [0.5, 0.6) is 5.75 Å². The molecule has 20 heavy (non-hydrogen) atoms. The minimum absolute atomic E-state index is 0.628. The van der Waals surface area contributed by atoms with E-state index in [0.717, 1.165) is 24.7 Å². The van der Waals surface area contributed by atoms with Gasteiger partial charge in [-0.25, -0.2) is 0 Å². The SMILES string of the molecule is Nc1nsc(N2CCOc3ccccc3C2)c1C1CC1. The minimum Gasteiger partial charge on any atom is -0.491 e. The lowest BCUT2D eigenvalue weighted by Gasteiger charge is -2.21. The molecule has 1 aromatic carbocycles. The van der Waals surface area contributed by atoms with Crippen molar-refractivity contribution in [3.05, 3.63) is 35.4 Å². The first-order chi connectivity index (χ1) is 9.83. The molecule has 5 heteroatoms. The van der Waals surface area contributed by atoms with Gasteiger partial charge in [0.15, 0.2) is 0 Å². The average molecular weight is 287 g/mol. The Balaban J connectivity index is 1.69. The maximum atomic E-state index is 6.06. The van der Waals surface area contributed by atoms with E-state index >= 15 is 0 Å². The summed E-state index contributed by atoms with van der Waals surface area (Å²) in [6, 6.07) is 8.26. The molecular weight excluding hydrogens is 270 g/mol. The summed E-state index contributed by atoms with van der Waals surface area (Å²) in [5.41, 5.74) is 8.57. The summed E-state index contributed by atoms with van der Waals surface area (Å²) < 4.78 is 10.2. The molecule has 104 valence electrons.